The Morgan fingerprint density at radius 2 is 0.675 bits per heavy atom. The Bertz CT molecular complexity index is 2660. The number of amides is 2. The van der Waals surface area contributed by atoms with E-state index in [-0.39, 0.29) is 38.5 Å². The number of phosphoric ester groups is 1. The Morgan fingerprint density at radius 1 is 0.349 bits per heavy atom. The lowest BCUT2D eigenvalue weighted by Gasteiger charge is -2.46. The zero-order valence-corrected chi connectivity index (χ0v) is 81.9. The van der Waals surface area contributed by atoms with Gasteiger partial charge in [-0.15, -0.1) is 0 Å². The number of carbonyl (C=O) groups is 6. The second-order valence-electron chi connectivity index (χ2n) is 37.7. The third kappa shape index (κ3) is 63.7. The molecule has 2 rings (SSSR count). The molecule has 24 nitrogen and oxygen atoms in total. The molecule has 2 amide bonds. The van der Waals surface area contributed by atoms with Crippen molar-refractivity contribution in [1.29, 1.82) is 0 Å². The summed E-state index contributed by atoms with van der Waals surface area (Å²) in [7, 11) is -5.60. The maximum atomic E-state index is 14.8. The van der Waals surface area contributed by atoms with E-state index in [0.29, 0.717) is 44.9 Å². The Labute approximate surface area is 765 Å². The van der Waals surface area contributed by atoms with Gasteiger partial charge in [-0.05, 0) is 57.3 Å². The van der Waals surface area contributed by atoms with Crippen LogP contribution in [0.5, 0.6) is 0 Å². The van der Waals surface area contributed by atoms with E-state index in [9.17, 15) is 68.7 Å². The van der Waals surface area contributed by atoms with Gasteiger partial charge in [-0.25, -0.2) is 4.57 Å². The van der Waals surface area contributed by atoms with Crippen LogP contribution in [-0.4, -0.2) is 170 Å². The molecule has 126 heavy (non-hydrogen) atoms. The van der Waals surface area contributed by atoms with E-state index in [0.717, 1.165) is 211 Å². The van der Waals surface area contributed by atoms with Crippen LogP contribution in [0.25, 0.3) is 0 Å². The minimum atomic E-state index is -5.60. The van der Waals surface area contributed by atoms with E-state index < -0.39 is 162 Å². The first-order valence-electron chi connectivity index (χ1n) is 52.4. The lowest BCUT2D eigenvalue weighted by atomic mass is 9.95. The maximum Gasteiger partial charge on any atom is 0.470 e. The quantitative estimate of drug-likeness (QED) is 0.0118. The normalized spacial score (nSPS) is 20.3. The van der Waals surface area contributed by atoms with Gasteiger partial charge in [0.25, 0.3) is 0 Å². The number of ether oxygens (including phenoxy) is 7. The minimum Gasteiger partial charge on any atom is -0.462 e. The van der Waals surface area contributed by atoms with Crippen molar-refractivity contribution in [2.45, 2.75) is 590 Å². The molecule has 0 aromatic rings. The molecule has 0 bridgehead atoms. The average Bonchev–Trinajstić information content (AvgIpc) is 0.778. The topological polar surface area (TPSA) is 359 Å². The number of phosphoric acid groups is 1. The summed E-state index contributed by atoms with van der Waals surface area (Å²) in [6, 6.07) is -3.47. The first-order valence-corrected chi connectivity index (χ1v) is 53.9. The Balaban J connectivity index is 2.64. The highest BCUT2D eigenvalue weighted by molar-refractivity contribution is 7.46. The molecule has 2 aliphatic rings. The van der Waals surface area contributed by atoms with Gasteiger partial charge >= 0.3 is 31.7 Å². The monoisotopic (exact) mass is 1820 g/mol. The van der Waals surface area contributed by atoms with E-state index >= 15 is 0 Å². The number of hydrogen-bond acceptors (Lipinski definition) is 20. The molecule has 0 aromatic heterocycles. The molecular weight excluding hydrogens is 1620 g/mol. The molecule has 742 valence electrons. The average molecular weight is 1820 g/mol. The van der Waals surface area contributed by atoms with Crippen LogP contribution >= 0.6 is 7.82 Å². The molecule has 0 spiro atoms. The van der Waals surface area contributed by atoms with Crippen LogP contribution in [0.4, 0.5) is 0 Å². The SMILES string of the molecule is CCCCCCCCCCCCCCCC(=O)OC(CCCCCCCCCCC)CC(=O)NC1C(O)OC(CO[C@@H]2OC(CO)[C@@H](OP(=O)(O)O)[C@H](OC(=O)CC(CCCCCCCCCCC)OC(=O)CCCCCCCCCCCC(C)CCC)C2NC(=O)CC(O)CCCCCCCCCCC)[C@@H](O)[C@@H]1OC(=O)CC(O)CCCCCCCCCCC. The predicted molar refractivity (Wildman–Crippen MR) is 502 cm³/mol. The van der Waals surface area contributed by atoms with E-state index in [1.54, 1.807) is 0 Å². The molecule has 2 heterocycles. The second kappa shape index (κ2) is 80.1. The van der Waals surface area contributed by atoms with Crippen molar-refractivity contribution in [3.05, 3.63) is 0 Å². The van der Waals surface area contributed by atoms with Gasteiger partial charge in [0.05, 0.1) is 51.1 Å². The minimum absolute atomic E-state index is 0.114. The molecule has 2 aliphatic heterocycles. The van der Waals surface area contributed by atoms with Gasteiger partial charge in [0.2, 0.25) is 11.8 Å². The van der Waals surface area contributed by atoms with Crippen LogP contribution in [0.3, 0.4) is 0 Å². The van der Waals surface area contributed by atoms with Gasteiger partial charge in [0.15, 0.2) is 24.8 Å². The zero-order valence-electron chi connectivity index (χ0n) is 81.0. The molecule has 0 radical (unpaired) electrons. The van der Waals surface area contributed by atoms with E-state index in [1.165, 1.54) is 148 Å². The zero-order chi connectivity index (χ0) is 92.3. The first-order chi connectivity index (χ1) is 61.0. The Hall–Kier alpha value is -3.39. The third-order valence-corrected chi connectivity index (χ3v) is 26.0. The van der Waals surface area contributed by atoms with Crippen molar-refractivity contribution >= 4 is 43.5 Å². The fourth-order valence-corrected chi connectivity index (χ4v) is 18.4. The van der Waals surface area contributed by atoms with Crippen LogP contribution in [-0.2, 0) is 71.0 Å². The first kappa shape index (κ1) is 119. The van der Waals surface area contributed by atoms with Gasteiger partial charge in [-0.2, -0.15) is 0 Å². The molecular formula is C101H191N2O22P. The molecule has 2 fully saturated rings. The van der Waals surface area contributed by atoms with E-state index in [1.807, 2.05) is 0 Å². The number of hydrogen-bond donors (Lipinski definition) is 9. The fourth-order valence-electron chi connectivity index (χ4n) is 17.8. The van der Waals surface area contributed by atoms with Crippen LogP contribution in [0.1, 0.15) is 504 Å². The van der Waals surface area contributed by atoms with Crippen molar-refractivity contribution in [2.24, 2.45) is 5.92 Å². The highest BCUT2D eigenvalue weighted by Crippen LogP contribution is 2.43. The summed E-state index contributed by atoms with van der Waals surface area (Å²) < 4.78 is 61.6. The van der Waals surface area contributed by atoms with Gasteiger partial charge < -0.3 is 79.1 Å². The van der Waals surface area contributed by atoms with Gasteiger partial charge in [-0.1, -0.05) is 414 Å². The predicted octanol–water partition coefficient (Wildman–Crippen LogP) is 23.1. The van der Waals surface area contributed by atoms with Gasteiger partial charge in [0.1, 0.15) is 48.7 Å². The molecule has 10 unspecified atom stereocenters. The van der Waals surface area contributed by atoms with Gasteiger partial charge in [0, 0.05) is 12.8 Å². The molecule has 9 N–H and O–H groups in total. The number of unbranched alkanes of at least 4 members (excludes halogenated alkanes) is 52. The standard InChI is InChI=1S/C101H191N2O22P/c1-8-14-19-24-29-34-35-36-37-44-51-58-65-73-90(109)119-84(71-63-56-49-41-32-27-22-17-11-4)77-89(108)102-94-98(123-92(111)76-83(106)70-62-55-48-40-31-26-21-16-10-3)96(113)87(121-100(94)114)80-118-101-95(103-88(107)75-82(105)69-61-54-47-39-30-25-20-15-9-2)99(97(86(79-104)122-101)125-126(115,116)117)124-93(112)78-85(72-64-57-50-42-33-28-23-18-12-5)120-91(110)74-66-59-52-45-38-43-46-53-60-68-81(7)67-13-6/h81-87,94-101,104-106,113-114H,8-80H2,1-7H3,(H,102,108)(H,103,107)(H2,115,116,117)/t81?,82?,83?,84?,85?,86?,87?,94?,95?,96-,97-,98-,99-,100?,101-/m1/s1. The Kier molecular flexibility index (Phi) is 75.4. The van der Waals surface area contributed by atoms with Crippen molar-refractivity contribution in [3.63, 3.8) is 0 Å². The fraction of sp³-hybridized carbons (Fsp3) is 0.941. The number of aliphatic hydroxyl groups is 5. The molecule has 0 aromatic carbocycles. The second-order valence-corrected chi connectivity index (χ2v) is 38.9. The summed E-state index contributed by atoms with van der Waals surface area (Å²) in [5.74, 6) is -3.72. The molecule has 0 saturated carbocycles. The van der Waals surface area contributed by atoms with Gasteiger partial charge in [-0.3, -0.25) is 33.3 Å². The van der Waals surface area contributed by atoms with Crippen LogP contribution in [0, 0.1) is 5.92 Å². The summed E-state index contributed by atoms with van der Waals surface area (Å²) in [5.41, 5.74) is 0. The molecule has 25 heteroatoms. The number of aliphatic hydroxyl groups excluding tert-OH is 5. The van der Waals surface area contributed by atoms with Crippen LogP contribution < -0.4 is 10.6 Å². The number of esters is 4. The van der Waals surface area contributed by atoms with E-state index in [2.05, 4.69) is 59.1 Å². The van der Waals surface area contributed by atoms with Crippen molar-refractivity contribution in [1.82, 2.24) is 10.6 Å². The lowest BCUT2D eigenvalue weighted by molar-refractivity contribution is -0.298. The maximum absolute atomic E-state index is 14.8. The van der Waals surface area contributed by atoms with Crippen LogP contribution in [0.2, 0.25) is 0 Å². The van der Waals surface area contributed by atoms with Crippen molar-refractivity contribution in [2.75, 3.05) is 13.2 Å². The van der Waals surface area contributed by atoms with Crippen LogP contribution in [0.15, 0.2) is 0 Å². The van der Waals surface area contributed by atoms with Crippen molar-refractivity contribution < 1.29 is 106 Å². The Morgan fingerprint density at radius 3 is 1.06 bits per heavy atom. The third-order valence-electron chi connectivity index (χ3n) is 25.5. The highest BCUT2D eigenvalue weighted by Gasteiger charge is 2.54. The molecule has 2 saturated heterocycles. The summed E-state index contributed by atoms with van der Waals surface area (Å²) >= 11 is 0. The summed E-state index contributed by atoms with van der Waals surface area (Å²) in [4.78, 5) is 107. The number of nitrogens with one attached hydrogen (secondary N) is 2. The smallest absolute Gasteiger partial charge is 0.462 e. The summed E-state index contributed by atoms with van der Waals surface area (Å²) in [6.45, 7) is 13.7. The molecule has 0 aliphatic carbocycles. The highest BCUT2D eigenvalue weighted by atomic mass is 31.2. The summed E-state index contributed by atoms with van der Waals surface area (Å²) in [5, 5.41) is 64.0. The lowest BCUT2D eigenvalue weighted by Crippen LogP contribution is -2.68. The number of rotatable bonds is 88. The number of carbonyl (C=O) groups excluding carboxylic acids is 6. The largest absolute Gasteiger partial charge is 0.470 e. The van der Waals surface area contributed by atoms with Crippen molar-refractivity contribution in [3.8, 4) is 0 Å². The summed E-state index contributed by atoms with van der Waals surface area (Å²) in [6.07, 6.45) is 45.1. The van der Waals surface area contributed by atoms with E-state index in [4.69, 9.17) is 37.7 Å². The molecule has 15 atom stereocenters.